The number of aryl methyl sites for hydroxylation is 1. The summed E-state index contributed by atoms with van der Waals surface area (Å²) >= 11 is 0. The van der Waals surface area contributed by atoms with E-state index in [-0.39, 0.29) is 23.3 Å². The van der Waals surface area contributed by atoms with Gasteiger partial charge in [0.05, 0.1) is 22.3 Å². The number of nitrogens with two attached hydrogens (primary N) is 1. The van der Waals surface area contributed by atoms with Crippen molar-refractivity contribution in [1.29, 1.82) is 0 Å². The normalized spacial score (nSPS) is 13.8. The molecule has 0 unspecified atom stereocenters. The summed E-state index contributed by atoms with van der Waals surface area (Å²) < 4.78 is 8.43. The molecule has 11 heteroatoms. The maximum atomic E-state index is 13.7. The quantitative estimate of drug-likeness (QED) is 0.280. The fraction of sp³-hybridized carbons (Fsp3) is 0.281. The lowest BCUT2D eigenvalue weighted by molar-refractivity contribution is -0.00364. The average Bonchev–Trinajstić information content (AvgIpc) is 3.28. The number of hydrogen-bond acceptors (Lipinski definition) is 7. The topological polar surface area (TPSA) is 146 Å². The van der Waals surface area contributed by atoms with Gasteiger partial charge in [0.2, 0.25) is 0 Å². The van der Waals surface area contributed by atoms with E-state index in [0.29, 0.717) is 53.0 Å². The number of ether oxygens (including phenoxy) is 1. The molecular weight excluding hydrogens is 548 g/mol. The Kier molecular flexibility index (Phi) is 6.67. The van der Waals surface area contributed by atoms with Crippen LogP contribution in [-0.2, 0) is 11.3 Å². The van der Waals surface area contributed by atoms with Crippen molar-refractivity contribution >= 4 is 39.4 Å². The van der Waals surface area contributed by atoms with E-state index in [1.165, 1.54) is 4.68 Å². The molecule has 0 spiro atoms. The fourth-order valence-corrected chi connectivity index (χ4v) is 5.51. The Morgan fingerprint density at radius 2 is 1.72 bits per heavy atom. The Balaban J connectivity index is 1.41. The van der Waals surface area contributed by atoms with Crippen LogP contribution in [-0.4, -0.2) is 60.3 Å². The van der Waals surface area contributed by atoms with Gasteiger partial charge in [-0.1, -0.05) is 24.3 Å². The summed E-state index contributed by atoms with van der Waals surface area (Å²) in [5.74, 6) is -1.09. The van der Waals surface area contributed by atoms with Gasteiger partial charge in [-0.15, -0.1) is 0 Å². The van der Waals surface area contributed by atoms with Gasteiger partial charge >= 0.3 is 12.1 Å². The maximum absolute atomic E-state index is 13.7. The fourth-order valence-electron chi connectivity index (χ4n) is 5.51. The van der Waals surface area contributed by atoms with E-state index in [1.54, 1.807) is 39.9 Å². The van der Waals surface area contributed by atoms with Gasteiger partial charge in [0, 0.05) is 47.6 Å². The Morgan fingerprint density at radius 1 is 1.00 bits per heavy atom. The summed E-state index contributed by atoms with van der Waals surface area (Å²) in [7, 11) is 0. The van der Waals surface area contributed by atoms with Crippen molar-refractivity contribution in [1.82, 2.24) is 24.5 Å². The zero-order valence-corrected chi connectivity index (χ0v) is 24.4. The Labute approximate surface area is 247 Å². The predicted molar refractivity (Wildman–Crippen MR) is 163 cm³/mol. The molecule has 0 bridgehead atoms. The Morgan fingerprint density at radius 3 is 2.40 bits per heavy atom. The molecule has 220 valence electrons. The number of amides is 1. The molecule has 43 heavy (non-hydrogen) atoms. The molecule has 6 rings (SSSR count). The van der Waals surface area contributed by atoms with Gasteiger partial charge in [0.25, 0.3) is 5.56 Å². The van der Waals surface area contributed by atoms with Gasteiger partial charge in [-0.25, -0.2) is 9.59 Å². The Hall–Kier alpha value is -5.19. The maximum Gasteiger partial charge on any atom is 0.410 e. The lowest BCUT2D eigenvalue weighted by Crippen LogP contribution is -2.52. The molecule has 3 N–H and O–H groups in total. The standard InChI is InChI=1S/C32H32N6O5/c1-18-13-20(33)9-11-22(18)27-23-7-5-6-8-24(23)29(39)38(35-27)21-10-12-25-26(14-21)37(34-28(25)30(40)41)17-19-15-36(16-19)31(42)43-32(2,3)4/h5-14,19H,15-17,33H2,1-4H3,(H,40,41). The number of aromatic carboxylic acids is 1. The number of carbonyl (C=O) groups is 2. The van der Waals surface area contributed by atoms with Crippen LogP contribution in [0.2, 0.25) is 0 Å². The molecule has 1 aliphatic heterocycles. The van der Waals surface area contributed by atoms with Gasteiger partial charge in [0.15, 0.2) is 5.69 Å². The summed E-state index contributed by atoms with van der Waals surface area (Å²) in [6, 6.07) is 17.9. The molecular formula is C32H32N6O5. The van der Waals surface area contributed by atoms with Crippen molar-refractivity contribution in [3.8, 4) is 16.9 Å². The number of nitrogens with zero attached hydrogens (tertiary/aromatic N) is 5. The third-order valence-electron chi connectivity index (χ3n) is 7.53. The third kappa shape index (κ3) is 5.18. The minimum atomic E-state index is -1.15. The number of carboxylic acids is 1. The molecule has 3 heterocycles. The second-order valence-electron chi connectivity index (χ2n) is 12.0. The summed E-state index contributed by atoms with van der Waals surface area (Å²) in [4.78, 5) is 39.8. The summed E-state index contributed by atoms with van der Waals surface area (Å²) in [5, 5.41) is 20.7. The van der Waals surface area contributed by atoms with Gasteiger partial charge in [-0.3, -0.25) is 9.48 Å². The van der Waals surface area contributed by atoms with Gasteiger partial charge in [-0.2, -0.15) is 14.9 Å². The van der Waals surface area contributed by atoms with E-state index >= 15 is 0 Å². The number of benzene rings is 3. The molecule has 0 radical (unpaired) electrons. The highest BCUT2D eigenvalue weighted by Gasteiger charge is 2.34. The van der Waals surface area contributed by atoms with Crippen molar-refractivity contribution in [3.63, 3.8) is 0 Å². The zero-order chi connectivity index (χ0) is 30.6. The highest BCUT2D eigenvalue weighted by Crippen LogP contribution is 2.30. The molecule has 3 aromatic carbocycles. The van der Waals surface area contributed by atoms with Crippen molar-refractivity contribution in [2.75, 3.05) is 18.8 Å². The second kappa shape index (κ2) is 10.3. The first-order chi connectivity index (χ1) is 20.4. The van der Waals surface area contributed by atoms with Crippen LogP contribution in [0.5, 0.6) is 0 Å². The molecule has 5 aromatic rings. The van der Waals surface area contributed by atoms with Crippen molar-refractivity contribution in [3.05, 3.63) is 82.3 Å². The largest absolute Gasteiger partial charge is 0.476 e. The first kappa shape index (κ1) is 28.0. The van der Waals surface area contributed by atoms with E-state index in [1.807, 2.05) is 58.0 Å². The van der Waals surface area contributed by atoms with Crippen molar-refractivity contribution in [2.24, 2.45) is 5.92 Å². The molecule has 0 atom stereocenters. The van der Waals surface area contributed by atoms with Gasteiger partial charge in [-0.05, 0) is 69.7 Å². The number of anilines is 1. The second-order valence-corrected chi connectivity index (χ2v) is 12.0. The number of aromatic nitrogens is 4. The monoisotopic (exact) mass is 580 g/mol. The third-order valence-corrected chi connectivity index (χ3v) is 7.53. The number of carboxylic acid groups (broad SMARTS) is 1. The minimum Gasteiger partial charge on any atom is -0.476 e. The smallest absolute Gasteiger partial charge is 0.410 e. The molecule has 0 aliphatic carbocycles. The SMILES string of the molecule is Cc1cc(N)ccc1-c1nn(-c2ccc3c(C(=O)O)nn(CC4CN(C(=O)OC(C)(C)C)C4)c3c2)c(=O)c2ccccc12. The molecule has 1 amide bonds. The number of hydrogen-bond donors (Lipinski definition) is 2. The zero-order valence-electron chi connectivity index (χ0n) is 24.4. The number of rotatable bonds is 5. The van der Waals surface area contributed by atoms with Crippen LogP contribution in [0.1, 0.15) is 36.8 Å². The van der Waals surface area contributed by atoms with Crippen LogP contribution in [0, 0.1) is 12.8 Å². The van der Waals surface area contributed by atoms with Gasteiger partial charge in [0.1, 0.15) is 5.60 Å². The summed E-state index contributed by atoms with van der Waals surface area (Å²) in [5.41, 5.74) is 9.08. The van der Waals surface area contributed by atoms with Crippen molar-refractivity contribution in [2.45, 2.75) is 39.8 Å². The number of fused-ring (bicyclic) bond motifs is 2. The van der Waals surface area contributed by atoms with Crippen molar-refractivity contribution < 1.29 is 19.4 Å². The van der Waals surface area contributed by atoms with E-state index in [9.17, 15) is 19.5 Å². The highest BCUT2D eigenvalue weighted by molar-refractivity contribution is 6.02. The first-order valence-corrected chi connectivity index (χ1v) is 14.0. The van der Waals surface area contributed by atoms with Crippen LogP contribution >= 0.6 is 0 Å². The van der Waals surface area contributed by atoms with Crippen LogP contribution in [0.4, 0.5) is 10.5 Å². The predicted octanol–water partition coefficient (Wildman–Crippen LogP) is 4.86. The van der Waals surface area contributed by atoms with E-state index in [4.69, 9.17) is 15.6 Å². The summed E-state index contributed by atoms with van der Waals surface area (Å²) in [6.07, 6.45) is -0.378. The van der Waals surface area contributed by atoms with E-state index in [0.717, 1.165) is 16.5 Å². The Bertz CT molecular complexity index is 1980. The molecule has 1 saturated heterocycles. The van der Waals surface area contributed by atoms with E-state index in [2.05, 4.69) is 5.10 Å². The van der Waals surface area contributed by atoms with E-state index < -0.39 is 11.6 Å². The lowest BCUT2D eigenvalue weighted by Gasteiger charge is -2.39. The molecule has 11 nitrogen and oxygen atoms in total. The van der Waals surface area contributed by atoms with Gasteiger partial charge < -0.3 is 20.5 Å². The van der Waals surface area contributed by atoms with Crippen LogP contribution in [0.3, 0.4) is 0 Å². The lowest BCUT2D eigenvalue weighted by atomic mass is 10.0. The van der Waals surface area contributed by atoms with Crippen LogP contribution in [0.25, 0.3) is 38.6 Å². The van der Waals surface area contributed by atoms with Crippen LogP contribution in [0.15, 0.2) is 65.5 Å². The molecule has 1 fully saturated rings. The van der Waals surface area contributed by atoms with Crippen LogP contribution < -0.4 is 11.3 Å². The highest BCUT2D eigenvalue weighted by atomic mass is 16.6. The number of carbonyl (C=O) groups excluding carboxylic acids is 1. The number of nitrogen functional groups attached to an aromatic ring is 1. The molecule has 2 aromatic heterocycles. The molecule has 0 saturated carbocycles. The minimum absolute atomic E-state index is 0.0579. The number of likely N-dealkylation sites (tertiary alicyclic amines) is 1. The average molecular weight is 581 g/mol. The first-order valence-electron chi connectivity index (χ1n) is 14.0. The summed E-state index contributed by atoms with van der Waals surface area (Å²) in [6.45, 7) is 8.72. The molecule has 1 aliphatic rings.